The number of carbonyl (C=O) groups is 1. The fraction of sp³-hybridized carbons (Fsp3) is 0.364. The number of hydrogen-bond donors (Lipinski definition) is 0. The lowest BCUT2D eigenvalue weighted by Gasteiger charge is -2.04. The minimum atomic E-state index is -3.28. The van der Waals surface area contributed by atoms with Crippen LogP contribution in [0.5, 0.6) is 0 Å². The zero-order chi connectivity index (χ0) is 13.2. The molecule has 0 saturated carbocycles. The highest BCUT2D eigenvalue weighted by atomic mass is 32.2. The van der Waals surface area contributed by atoms with E-state index in [0.717, 1.165) is 12.3 Å². The number of benzene rings is 1. The van der Waals surface area contributed by atoms with Crippen molar-refractivity contribution < 1.29 is 22.0 Å². The molecule has 0 spiro atoms. The van der Waals surface area contributed by atoms with E-state index >= 15 is 0 Å². The molecule has 0 heterocycles. The summed E-state index contributed by atoms with van der Waals surface area (Å²) in [5.74, 6) is -2.69. The largest absolute Gasteiger partial charge is 0.294 e. The average molecular weight is 262 g/mol. The van der Waals surface area contributed by atoms with Crippen LogP contribution in [0.25, 0.3) is 0 Å². The summed E-state index contributed by atoms with van der Waals surface area (Å²) < 4.78 is 48.0. The molecule has 1 rings (SSSR count). The maximum atomic E-state index is 13.3. The van der Waals surface area contributed by atoms with Crippen molar-refractivity contribution in [2.75, 3.05) is 12.0 Å². The van der Waals surface area contributed by atoms with E-state index in [1.807, 2.05) is 0 Å². The summed E-state index contributed by atoms with van der Waals surface area (Å²) in [4.78, 5) is 11.5. The third kappa shape index (κ3) is 3.89. The van der Waals surface area contributed by atoms with Crippen LogP contribution in [0, 0.1) is 18.6 Å². The zero-order valence-electron chi connectivity index (χ0n) is 9.46. The summed E-state index contributed by atoms with van der Waals surface area (Å²) in [5, 5.41) is 0. The maximum absolute atomic E-state index is 13.3. The van der Waals surface area contributed by atoms with Gasteiger partial charge in [-0.1, -0.05) is 0 Å². The number of carbonyl (C=O) groups excluding carboxylic acids is 1. The highest BCUT2D eigenvalue weighted by Crippen LogP contribution is 2.16. The predicted octanol–water partition coefficient (Wildman–Crippen LogP) is 1.89. The Kier molecular flexibility index (Phi) is 3.98. The number of sulfone groups is 1. The molecule has 0 saturated heterocycles. The van der Waals surface area contributed by atoms with Gasteiger partial charge in [-0.05, 0) is 18.6 Å². The standard InChI is InChI=1S/C11H12F2O3S/c1-7-5-8(10(13)6-9(7)12)11(14)3-4-17(2,15)16/h5-6H,3-4H2,1-2H3. The number of halogens is 2. The van der Waals surface area contributed by atoms with Crippen LogP contribution in [0.4, 0.5) is 8.78 Å². The lowest BCUT2D eigenvalue weighted by molar-refractivity contribution is 0.0984. The molecule has 6 heteroatoms. The molecular formula is C11H12F2O3S. The number of aryl methyl sites for hydroxylation is 1. The molecule has 0 atom stereocenters. The van der Waals surface area contributed by atoms with Gasteiger partial charge in [0.15, 0.2) is 5.78 Å². The van der Waals surface area contributed by atoms with Crippen molar-refractivity contribution in [2.24, 2.45) is 0 Å². The second-order valence-electron chi connectivity index (χ2n) is 3.88. The van der Waals surface area contributed by atoms with E-state index in [2.05, 4.69) is 0 Å². The van der Waals surface area contributed by atoms with Crippen molar-refractivity contribution >= 4 is 15.6 Å². The second-order valence-corrected chi connectivity index (χ2v) is 6.14. The Balaban J connectivity index is 2.94. The Hall–Kier alpha value is -1.30. The first kappa shape index (κ1) is 13.8. The normalized spacial score (nSPS) is 11.5. The Morgan fingerprint density at radius 1 is 1.24 bits per heavy atom. The number of rotatable bonds is 4. The molecule has 1 aromatic rings. The van der Waals surface area contributed by atoms with Crippen molar-refractivity contribution in [3.8, 4) is 0 Å². The Morgan fingerprint density at radius 2 is 1.82 bits per heavy atom. The third-order valence-corrected chi connectivity index (χ3v) is 3.19. The maximum Gasteiger partial charge on any atom is 0.166 e. The van der Waals surface area contributed by atoms with Gasteiger partial charge in [0.05, 0.1) is 11.3 Å². The fourth-order valence-electron chi connectivity index (χ4n) is 1.28. The summed E-state index contributed by atoms with van der Waals surface area (Å²) in [7, 11) is -3.28. The monoisotopic (exact) mass is 262 g/mol. The van der Waals surface area contributed by atoms with Crippen molar-refractivity contribution in [1.82, 2.24) is 0 Å². The highest BCUT2D eigenvalue weighted by molar-refractivity contribution is 7.90. The van der Waals surface area contributed by atoms with Gasteiger partial charge in [-0.2, -0.15) is 0 Å². The van der Waals surface area contributed by atoms with Gasteiger partial charge in [0.25, 0.3) is 0 Å². The van der Waals surface area contributed by atoms with Gasteiger partial charge in [-0.3, -0.25) is 4.79 Å². The van der Waals surface area contributed by atoms with E-state index in [1.54, 1.807) is 0 Å². The molecule has 0 N–H and O–H groups in total. The average Bonchev–Trinajstić information content (AvgIpc) is 2.19. The molecule has 0 aromatic heterocycles. The molecule has 0 aliphatic heterocycles. The zero-order valence-corrected chi connectivity index (χ0v) is 10.3. The van der Waals surface area contributed by atoms with Crippen molar-refractivity contribution in [3.05, 3.63) is 34.9 Å². The van der Waals surface area contributed by atoms with Crippen LogP contribution in [0.2, 0.25) is 0 Å². The van der Waals surface area contributed by atoms with E-state index in [1.165, 1.54) is 6.92 Å². The van der Waals surface area contributed by atoms with E-state index in [4.69, 9.17) is 0 Å². The number of ketones is 1. The Bertz CT molecular complexity index is 550. The lowest BCUT2D eigenvalue weighted by atomic mass is 10.1. The van der Waals surface area contributed by atoms with Crippen molar-refractivity contribution in [1.29, 1.82) is 0 Å². The fourth-order valence-corrected chi connectivity index (χ4v) is 1.84. The van der Waals surface area contributed by atoms with E-state index in [9.17, 15) is 22.0 Å². The Labute approximate surface area is 98.4 Å². The topological polar surface area (TPSA) is 51.2 Å². The third-order valence-electron chi connectivity index (χ3n) is 2.25. The second kappa shape index (κ2) is 4.91. The summed E-state index contributed by atoms with van der Waals surface area (Å²) in [5.41, 5.74) is -0.123. The molecule has 94 valence electrons. The van der Waals surface area contributed by atoms with Gasteiger partial charge in [0.1, 0.15) is 21.5 Å². The molecule has 0 bridgehead atoms. The molecule has 0 unspecified atom stereocenters. The van der Waals surface area contributed by atoms with E-state index in [-0.39, 0.29) is 23.3 Å². The highest BCUT2D eigenvalue weighted by Gasteiger charge is 2.16. The van der Waals surface area contributed by atoms with Gasteiger partial charge in [0, 0.05) is 18.7 Å². The Morgan fingerprint density at radius 3 is 2.35 bits per heavy atom. The quantitative estimate of drug-likeness (QED) is 0.779. The SMILES string of the molecule is Cc1cc(C(=O)CCS(C)(=O)=O)c(F)cc1F. The van der Waals surface area contributed by atoms with Crippen LogP contribution < -0.4 is 0 Å². The molecular weight excluding hydrogens is 250 g/mol. The summed E-state index contributed by atoms with van der Waals surface area (Å²) in [6, 6.07) is 1.72. The van der Waals surface area contributed by atoms with Crippen molar-refractivity contribution in [2.45, 2.75) is 13.3 Å². The molecule has 3 nitrogen and oxygen atoms in total. The van der Waals surface area contributed by atoms with Crippen LogP contribution in [-0.2, 0) is 9.84 Å². The summed E-state index contributed by atoms with van der Waals surface area (Å²) in [6.45, 7) is 1.40. The first-order valence-corrected chi connectivity index (χ1v) is 6.93. The van der Waals surface area contributed by atoms with Gasteiger partial charge >= 0.3 is 0 Å². The molecule has 0 amide bonds. The van der Waals surface area contributed by atoms with Crippen LogP contribution in [0.1, 0.15) is 22.3 Å². The molecule has 17 heavy (non-hydrogen) atoms. The minimum absolute atomic E-state index is 0.147. The minimum Gasteiger partial charge on any atom is -0.294 e. The molecule has 1 aromatic carbocycles. The molecule has 0 radical (unpaired) electrons. The first-order valence-electron chi connectivity index (χ1n) is 4.87. The summed E-state index contributed by atoms with van der Waals surface area (Å²) in [6.07, 6.45) is 0.688. The smallest absolute Gasteiger partial charge is 0.166 e. The lowest BCUT2D eigenvalue weighted by Crippen LogP contribution is -2.11. The number of hydrogen-bond acceptors (Lipinski definition) is 3. The van der Waals surface area contributed by atoms with Gasteiger partial charge in [-0.25, -0.2) is 17.2 Å². The van der Waals surface area contributed by atoms with Gasteiger partial charge in [0.2, 0.25) is 0 Å². The van der Waals surface area contributed by atoms with E-state index in [0.29, 0.717) is 6.07 Å². The molecule has 0 aliphatic carbocycles. The predicted molar refractivity (Wildman–Crippen MR) is 59.8 cm³/mol. The summed E-state index contributed by atoms with van der Waals surface area (Å²) >= 11 is 0. The number of Topliss-reactive ketones (excluding diaryl/α,β-unsaturated/α-hetero) is 1. The van der Waals surface area contributed by atoms with Crippen LogP contribution in [-0.4, -0.2) is 26.2 Å². The van der Waals surface area contributed by atoms with Crippen molar-refractivity contribution in [3.63, 3.8) is 0 Å². The van der Waals surface area contributed by atoms with Gasteiger partial charge in [-0.15, -0.1) is 0 Å². The first-order chi connectivity index (χ1) is 7.70. The van der Waals surface area contributed by atoms with Crippen LogP contribution >= 0.6 is 0 Å². The van der Waals surface area contributed by atoms with Crippen LogP contribution in [0.3, 0.4) is 0 Å². The molecule has 0 fully saturated rings. The van der Waals surface area contributed by atoms with Crippen LogP contribution in [0.15, 0.2) is 12.1 Å². The molecule has 0 aliphatic rings. The van der Waals surface area contributed by atoms with Gasteiger partial charge < -0.3 is 0 Å². The van der Waals surface area contributed by atoms with E-state index < -0.39 is 27.3 Å².